The molecule has 0 saturated carbocycles. The summed E-state index contributed by atoms with van der Waals surface area (Å²) < 4.78 is 0. The van der Waals surface area contributed by atoms with Crippen LogP contribution in [0.3, 0.4) is 0 Å². The zero-order valence-electron chi connectivity index (χ0n) is 12.1. The van der Waals surface area contributed by atoms with E-state index in [9.17, 15) is 0 Å². The number of rotatable bonds is 2. The van der Waals surface area contributed by atoms with Crippen LogP contribution in [0.15, 0.2) is 54.9 Å². The summed E-state index contributed by atoms with van der Waals surface area (Å²) in [5.41, 5.74) is 5.09. The molecule has 4 rings (SSSR count). The van der Waals surface area contributed by atoms with Gasteiger partial charge in [-0.1, -0.05) is 53.5 Å². The van der Waals surface area contributed by atoms with E-state index in [0.29, 0.717) is 10.0 Å². The molecule has 1 aliphatic heterocycles. The highest BCUT2D eigenvalue weighted by molar-refractivity contribution is 6.42. The second-order valence-electron chi connectivity index (χ2n) is 5.40. The third kappa shape index (κ3) is 2.72. The molecule has 0 fully saturated rings. The second kappa shape index (κ2) is 5.93. The number of halogens is 2. The number of benzene rings is 2. The first-order valence-corrected chi connectivity index (χ1v) is 8.00. The molecule has 1 atom stereocenters. The van der Waals surface area contributed by atoms with Gasteiger partial charge in [-0.15, -0.1) is 0 Å². The van der Waals surface area contributed by atoms with Gasteiger partial charge in [0.25, 0.3) is 0 Å². The van der Waals surface area contributed by atoms with Crippen LogP contribution in [0.1, 0.15) is 22.9 Å². The minimum atomic E-state index is -0.0317. The van der Waals surface area contributed by atoms with Crippen LogP contribution in [0, 0.1) is 0 Å². The lowest BCUT2D eigenvalue weighted by Gasteiger charge is -2.11. The summed E-state index contributed by atoms with van der Waals surface area (Å²) in [7, 11) is 0. The van der Waals surface area contributed by atoms with Crippen molar-refractivity contribution >= 4 is 23.2 Å². The first kappa shape index (κ1) is 14.6. The van der Waals surface area contributed by atoms with E-state index in [-0.39, 0.29) is 6.04 Å². The summed E-state index contributed by atoms with van der Waals surface area (Å²) in [6.45, 7) is 0.729. The Morgan fingerprint density at radius 1 is 0.913 bits per heavy atom. The number of hydrogen-bond donors (Lipinski definition) is 0. The molecule has 2 heterocycles. The zero-order chi connectivity index (χ0) is 15.8. The predicted molar refractivity (Wildman–Crippen MR) is 91.6 cm³/mol. The summed E-state index contributed by atoms with van der Waals surface area (Å²) in [5.74, 6) is 0. The van der Waals surface area contributed by atoms with Crippen molar-refractivity contribution < 1.29 is 0 Å². The van der Waals surface area contributed by atoms with Crippen LogP contribution in [0.25, 0.3) is 11.3 Å². The zero-order valence-corrected chi connectivity index (χ0v) is 13.6. The summed E-state index contributed by atoms with van der Waals surface area (Å²) in [6.07, 6.45) is 1.57. The van der Waals surface area contributed by atoms with E-state index in [0.717, 1.165) is 23.5 Å². The van der Waals surface area contributed by atoms with Crippen LogP contribution in [-0.4, -0.2) is 9.97 Å². The molecule has 23 heavy (non-hydrogen) atoms. The monoisotopic (exact) mass is 340 g/mol. The van der Waals surface area contributed by atoms with Gasteiger partial charge in [0.1, 0.15) is 6.33 Å². The lowest BCUT2D eigenvalue weighted by molar-refractivity contribution is 0.634. The molecule has 0 N–H and O–H groups in total. The summed E-state index contributed by atoms with van der Waals surface area (Å²) >= 11 is 12.1. The molecule has 5 heteroatoms. The standard InChI is InChI=1S/C18H12Cl2N3/c19-14-6-5-11(7-15(14)20)16-8-17(23-10-22-16)18-13-4-2-1-3-12(13)9-21-18/h1-8,10,18H,9H2. The largest absolute Gasteiger partial charge is 0.239 e. The van der Waals surface area contributed by atoms with Crippen molar-refractivity contribution in [3.05, 3.63) is 81.7 Å². The molecular weight excluding hydrogens is 329 g/mol. The van der Waals surface area contributed by atoms with Gasteiger partial charge in [0.05, 0.1) is 27.5 Å². The summed E-state index contributed by atoms with van der Waals surface area (Å²) in [5, 5.41) is 5.75. The minimum absolute atomic E-state index is 0.0317. The van der Waals surface area contributed by atoms with Crippen molar-refractivity contribution in [2.24, 2.45) is 0 Å². The molecule has 0 aliphatic carbocycles. The van der Waals surface area contributed by atoms with E-state index < -0.39 is 0 Å². The predicted octanol–water partition coefficient (Wildman–Crippen LogP) is 4.66. The van der Waals surface area contributed by atoms with Crippen LogP contribution in [-0.2, 0) is 6.54 Å². The highest BCUT2D eigenvalue weighted by atomic mass is 35.5. The van der Waals surface area contributed by atoms with E-state index in [4.69, 9.17) is 28.5 Å². The molecule has 1 unspecified atom stereocenters. The molecule has 0 bridgehead atoms. The number of aromatic nitrogens is 2. The Labute approximate surface area is 144 Å². The molecule has 0 amide bonds. The smallest absolute Gasteiger partial charge is 0.116 e. The average Bonchev–Trinajstić information content (AvgIpc) is 3.01. The first-order valence-electron chi connectivity index (χ1n) is 7.24. The van der Waals surface area contributed by atoms with Gasteiger partial charge in [-0.05, 0) is 29.3 Å². The van der Waals surface area contributed by atoms with Crippen molar-refractivity contribution in [1.82, 2.24) is 15.3 Å². The van der Waals surface area contributed by atoms with E-state index >= 15 is 0 Å². The first-order chi connectivity index (χ1) is 11.2. The van der Waals surface area contributed by atoms with Gasteiger partial charge in [0.2, 0.25) is 0 Å². The van der Waals surface area contributed by atoms with Gasteiger partial charge >= 0.3 is 0 Å². The van der Waals surface area contributed by atoms with Crippen molar-refractivity contribution in [3.63, 3.8) is 0 Å². The van der Waals surface area contributed by atoms with Crippen molar-refractivity contribution in [1.29, 1.82) is 0 Å². The topological polar surface area (TPSA) is 39.9 Å². The molecule has 0 saturated heterocycles. The third-order valence-electron chi connectivity index (χ3n) is 3.98. The number of fused-ring (bicyclic) bond motifs is 1. The van der Waals surface area contributed by atoms with Crippen LogP contribution >= 0.6 is 23.2 Å². The molecule has 3 nitrogen and oxygen atoms in total. The van der Waals surface area contributed by atoms with Gasteiger partial charge in [-0.2, -0.15) is 0 Å². The van der Waals surface area contributed by atoms with Crippen molar-refractivity contribution in [2.75, 3.05) is 0 Å². The van der Waals surface area contributed by atoms with Gasteiger partial charge in [-0.25, -0.2) is 15.3 Å². The summed E-state index contributed by atoms with van der Waals surface area (Å²) in [4.78, 5) is 8.78. The fraction of sp³-hybridized carbons (Fsp3) is 0.111. The third-order valence-corrected chi connectivity index (χ3v) is 4.72. The Balaban J connectivity index is 1.74. The molecule has 113 valence electrons. The van der Waals surface area contributed by atoms with Crippen LogP contribution < -0.4 is 5.32 Å². The molecule has 1 aromatic heterocycles. The molecule has 0 spiro atoms. The van der Waals surface area contributed by atoms with E-state index in [1.54, 1.807) is 12.4 Å². The van der Waals surface area contributed by atoms with E-state index in [2.05, 4.69) is 22.1 Å². The van der Waals surface area contributed by atoms with Gasteiger partial charge < -0.3 is 0 Å². The quantitative estimate of drug-likeness (QED) is 0.680. The van der Waals surface area contributed by atoms with Gasteiger partial charge in [0.15, 0.2) is 0 Å². The highest BCUT2D eigenvalue weighted by Gasteiger charge is 2.25. The Kier molecular flexibility index (Phi) is 3.77. The maximum Gasteiger partial charge on any atom is 0.116 e. The number of nitrogens with zero attached hydrogens (tertiary/aromatic N) is 3. The molecule has 1 radical (unpaired) electrons. The second-order valence-corrected chi connectivity index (χ2v) is 6.21. The molecule has 1 aliphatic rings. The fourth-order valence-corrected chi connectivity index (χ4v) is 3.12. The normalized spacial score (nSPS) is 16.3. The maximum atomic E-state index is 6.10. The fourth-order valence-electron chi connectivity index (χ4n) is 2.82. The SMILES string of the molecule is Clc1ccc(-c2cc(C3[N]Cc4ccccc43)ncn2)cc1Cl. The summed E-state index contributed by atoms with van der Waals surface area (Å²) in [6, 6.07) is 15.7. The molecular formula is C18H12Cl2N3. The maximum absolute atomic E-state index is 6.10. The van der Waals surface area contributed by atoms with Crippen LogP contribution in [0.4, 0.5) is 0 Å². The van der Waals surface area contributed by atoms with Crippen molar-refractivity contribution in [2.45, 2.75) is 12.6 Å². The Morgan fingerprint density at radius 3 is 2.65 bits per heavy atom. The van der Waals surface area contributed by atoms with Gasteiger partial charge in [0, 0.05) is 12.1 Å². The minimum Gasteiger partial charge on any atom is -0.239 e. The lowest BCUT2D eigenvalue weighted by Crippen LogP contribution is -2.09. The van der Waals surface area contributed by atoms with E-state index in [1.807, 2.05) is 30.3 Å². The van der Waals surface area contributed by atoms with Gasteiger partial charge in [-0.3, -0.25) is 0 Å². The Bertz CT molecular complexity index is 880. The van der Waals surface area contributed by atoms with E-state index in [1.165, 1.54) is 11.1 Å². The Morgan fingerprint density at radius 2 is 1.78 bits per heavy atom. The lowest BCUT2D eigenvalue weighted by atomic mass is 10.0. The van der Waals surface area contributed by atoms with Crippen molar-refractivity contribution in [3.8, 4) is 11.3 Å². The van der Waals surface area contributed by atoms with Crippen LogP contribution in [0.5, 0.6) is 0 Å². The average molecular weight is 341 g/mol. The number of hydrogen-bond acceptors (Lipinski definition) is 2. The molecule has 2 aromatic carbocycles. The Hall–Kier alpha value is -1.94. The highest BCUT2D eigenvalue weighted by Crippen LogP contribution is 2.33. The van der Waals surface area contributed by atoms with Crippen LogP contribution in [0.2, 0.25) is 10.0 Å². The molecule has 3 aromatic rings.